The molecule has 5 rings (SSSR count). The van der Waals surface area contributed by atoms with Crippen LogP contribution in [0.4, 0.5) is 5.69 Å². The number of benzene rings is 5. The van der Waals surface area contributed by atoms with Gasteiger partial charge in [0, 0.05) is 0 Å². The molecule has 0 radical (unpaired) electrons. The number of nitrogens with zero attached hydrogens (tertiary/aromatic N) is 2. The maximum atomic E-state index is 13.4. The molecular formula is C32H25Cl2N3O4S. The molecule has 0 heterocycles. The summed E-state index contributed by atoms with van der Waals surface area (Å²) in [5.41, 5.74) is 4.38. The number of sulfonamides is 1. The molecule has 0 aliphatic rings. The Hall–Kier alpha value is -4.37. The molecule has 42 heavy (non-hydrogen) atoms. The van der Waals surface area contributed by atoms with Gasteiger partial charge < -0.3 is 4.74 Å². The van der Waals surface area contributed by atoms with E-state index in [1.807, 2.05) is 36.4 Å². The molecule has 5 aromatic rings. The number of ether oxygens (including phenoxy) is 1. The number of halogens is 2. The lowest BCUT2D eigenvalue weighted by Gasteiger charge is -2.24. The van der Waals surface area contributed by atoms with Crippen LogP contribution in [0.15, 0.2) is 125 Å². The number of nitrogens with one attached hydrogen (secondary N) is 1. The minimum Gasteiger partial charge on any atom is -0.489 e. The van der Waals surface area contributed by atoms with Crippen LogP contribution in [0.3, 0.4) is 0 Å². The summed E-state index contributed by atoms with van der Waals surface area (Å²) >= 11 is 12.2. The van der Waals surface area contributed by atoms with Gasteiger partial charge in [-0.2, -0.15) is 5.10 Å². The Bertz CT molecular complexity index is 1840. The number of carbonyl (C=O) groups is 1. The van der Waals surface area contributed by atoms with Crippen LogP contribution in [0.25, 0.3) is 10.8 Å². The maximum Gasteiger partial charge on any atom is 0.264 e. The highest BCUT2D eigenvalue weighted by Gasteiger charge is 2.27. The minimum absolute atomic E-state index is 0.0233. The standard InChI is InChI=1S/C32H25Cl2N3O4S/c33-30-18-15-26(19-31(30)34)37(42(39,40)28-10-2-1-3-11-28)21-32(38)36-35-20-23-13-16-27(17-14-23)41-22-25-9-6-8-24-7-4-5-12-29(24)25/h1-20H,21-22H2,(H,36,38)/b35-20-. The van der Waals surface area contributed by atoms with Crippen LogP contribution >= 0.6 is 23.2 Å². The molecule has 5 aromatic carbocycles. The minimum atomic E-state index is -4.09. The first-order valence-corrected chi connectivity index (χ1v) is 15.0. The van der Waals surface area contributed by atoms with Crippen molar-refractivity contribution in [3.05, 3.63) is 136 Å². The highest BCUT2D eigenvalue weighted by molar-refractivity contribution is 7.92. The second-order valence-corrected chi connectivity index (χ2v) is 11.9. The molecule has 0 atom stereocenters. The van der Waals surface area contributed by atoms with E-state index in [9.17, 15) is 13.2 Å². The number of hydrogen-bond donors (Lipinski definition) is 1. The van der Waals surface area contributed by atoms with Crippen molar-refractivity contribution in [3.8, 4) is 5.75 Å². The molecule has 212 valence electrons. The molecule has 0 unspecified atom stereocenters. The molecule has 1 N–H and O–H groups in total. The van der Waals surface area contributed by atoms with Crippen LogP contribution in [0.1, 0.15) is 11.1 Å². The first-order valence-electron chi connectivity index (χ1n) is 12.9. The van der Waals surface area contributed by atoms with E-state index in [0.717, 1.165) is 20.6 Å². The zero-order chi connectivity index (χ0) is 29.5. The van der Waals surface area contributed by atoms with Crippen molar-refractivity contribution >= 4 is 61.8 Å². The number of hydrazone groups is 1. The number of fused-ring (bicyclic) bond motifs is 1. The van der Waals surface area contributed by atoms with Crippen molar-refractivity contribution in [1.29, 1.82) is 0 Å². The molecule has 7 nitrogen and oxygen atoms in total. The van der Waals surface area contributed by atoms with E-state index in [1.54, 1.807) is 30.3 Å². The molecule has 0 aromatic heterocycles. The predicted octanol–water partition coefficient (Wildman–Crippen LogP) is 7.07. The third kappa shape index (κ3) is 6.91. The number of amides is 1. The summed E-state index contributed by atoms with van der Waals surface area (Å²) in [5, 5.41) is 6.72. The largest absolute Gasteiger partial charge is 0.489 e. The van der Waals surface area contributed by atoms with Gasteiger partial charge in [0.15, 0.2) is 0 Å². The number of rotatable bonds is 10. The molecule has 1 amide bonds. The van der Waals surface area contributed by atoms with Crippen molar-refractivity contribution < 1.29 is 17.9 Å². The Morgan fingerprint density at radius 3 is 2.31 bits per heavy atom. The number of carbonyl (C=O) groups excluding carboxylic acids is 1. The van der Waals surface area contributed by atoms with Gasteiger partial charge in [-0.25, -0.2) is 13.8 Å². The van der Waals surface area contributed by atoms with Gasteiger partial charge in [0.05, 0.1) is 26.8 Å². The van der Waals surface area contributed by atoms with Crippen LogP contribution in [-0.4, -0.2) is 27.1 Å². The normalized spacial score (nSPS) is 11.5. The van der Waals surface area contributed by atoms with E-state index in [2.05, 4.69) is 28.7 Å². The predicted molar refractivity (Wildman–Crippen MR) is 168 cm³/mol. The zero-order valence-corrected chi connectivity index (χ0v) is 24.5. The average molecular weight is 619 g/mol. The summed E-state index contributed by atoms with van der Waals surface area (Å²) in [6.45, 7) is -0.112. The van der Waals surface area contributed by atoms with Crippen LogP contribution < -0.4 is 14.5 Å². The third-order valence-corrected chi connectivity index (χ3v) is 8.89. The van der Waals surface area contributed by atoms with Crippen molar-refractivity contribution in [3.63, 3.8) is 0 Å². The molecule has 0 aliphatic carbocycles. The lowest BCUT2D eigenvalue weighted by atomic mass is 10.1. The molecule has 0 aliphatic heterocycles. The lowest BCUT2D eigenvalue weighted by Crippen LogP contribution is -2.39. The van der Waals surface area contributed by atoms with Gasteiger partial charge >= 0.3 is 0 Å². The van der Waals surface area contributed by atoms with Crippen molar-refractivity contribution in [2.45, 2.75) is 11.5 Å². The fourth-order valence-corrected chi connectivity index (χ4v) is 5.98. The topological polar surface area (TPSA) is 88.1 Å². The van der Waals surface area contributed by atoms with Crippen LogP contribution in [0.2, 0.25) is 10.0 Å². The second kappa shape index (κ2) is 13.1. The fraction of sp³-hybridized carbons (Fsp3) is 0.0625. The summed E-state index contributed by atoms with van der Waals surface area (Å²) in [7, 11) is -4.09. The Kier molecular flexibility index (Phi) is 9.07. The summed E-state index contributed by atoms with van der Waals surface area (Å²) in [5.74, 6) is 0.0411. The van der Waals surface area contributed by atoms with Crippen molar-refractivity contribution in [2.75, 3.05) is 10.8 Å². The number of anilines is 1. The Labute approximate surface area is 254 Å². The third-order valence-electron chi connectivity index (χ3n) is 6.37. The summed E-state index contributed by atoms with van der Waals surface area (Å²) in [4.78, 5) is 12.8. The average Bonchev–Trinajstić information content (AvgIpc) is 3.01. The van der Waals surface area contributed by atoms with E-state index in [4.69, 9.17) is 27.9 Å². The monoisotopic (exact) mass is 617 g/mol. The van der Waals surface area contributed by atoms with Gasteiger partial charge in [-0.1, -0.05) is 83.9 Å². The zero-order valence-electron chi connectivity index (χ0n) is 22.2. The SMILES string of the molecule is O=C(CN(c1ccc(Cl)c(Cl)c1)S(=O)(=O)c1ccccc1)N/N=C\c1ccc(OCc2cccc3ccccc23)cc1. The van der Waals surface area contributed by atoms with Gasteiger partial charge in [0.1, 0.15) is 18.9 Å². The van der Waals surface area contributed by atoms with Gasteiger partial charge in [0.2, 0.25) is 0 Å². The Morgan fingerprint density at radius 2 is 1.55 bits per heavy atom. The second-order valence-electron chi connectivity index (χ2n) is 9.21. The summed E-state index contributed by atoms with van der Waals surface area (Å²) < 4.78 is 33.8. The maximum absolute atomic E-state index is 13.4. The Balaban J connectivity index is 1.23. The van der Waals surface area contributed by atoms with E-state index in [1.165, 1.54) is 36.5 Å². The van der Waals surface area contributed by atoms with E-state index in [-0.39, 0.29) is 20.6 Å². The molecule has 10 heteroatoms. The number of hydrogen-bond acceptors (Lipinski definition) is 5. The van der Waals surface area contributed by atoms with Crippen LogP contribution in [0, 0.1) is 0 Å². The van der Waals surface area contributed by atoms with Gasteiger partial charge in [-0.15, -0.1) is 0 Å². The first-order chi connectivity index (χ1) is 20.3. The molecule has 0 saturated heterocycles. The Morgan fingerprint density at radius 1 is 0.833 bits per heavy atom. The lowest BCUT2D eigenvalue weighted by molar-refractivity contribution is -0.119. The van der Waals surface area contributed by atoms with Gasteiger partial charge in [-0.3, -0.25) is 9.10 Å². The smallest absolute Gasteiger partial charge is 0.264 e. The van der Waals surface area contributed by atoms with Crippen molar-refractivity contribution in [2.24, 2.45) is 5.10 Å². The van der Waals surface area contributed by atoms with Crippen LogP contribution in [0.5, 0.6) is 5.75 Å². The quantitative estimate of drug-likeness (QED) is 0.134. The summed E-state index contributed by atoms with van der Waals surface area (Å²) in [6.07, 6.45) is 1.46. The highest BCUT2D eigenvalue weighted by Crippen LogP contribution is 2.30. The van der Waals surface area contributed by atoms with E-state index in [0.29, 0.717) is 17.9 Å². The molecule has 0 saturated carbocycles. The molecule has 0 bridgehead atoms. The van der Waals surface area contributed by atoms with E-state index < -0.39 is 22.5 Å². The molecule has 0 spiro atoms. The van der Waals surface area contributed by atoms with Gasteiger partial charge in [-0.05, 0) is 76.5 Å². The fourth-order valence-electron chi connectivity index (χ4n) is 4.25. The molecule has 0 fully saturated rings. The molecular weight excluding hydrogens is 593 g/mol. The van der Waals surface area contributed by atoms with Gasteiger partial charge in [0.25, 0.3) is 15.9 Å². The van der Waals surface area contributed by atoms with Crippen molar-refractivity contribution in [1.82, 2.24) is 5.43 Å². The van der Waals surface area contributed by atoms with E-state index >= 15 is 0 Å². The highest BCUT2D eigenvalue weighted by atomic mass is 35.5. The first kappa shape index (κ1) is 29.1. The summed E-state index contributed by atoms with van der Waals surface area (Å²) in [6, 6.07) is 33.7. The van der Waals surface area contributed by atoms with Crippen LogP contribution in [-0.2, 0) is 21.4 Å².